The van der Waals surface area contributed by atoms with Crippen molar-refractivity contribution >= 4 is 16.5 Å². The normalized spacial score (nSPS) is 14.6. The quantitative estimate of drug-likeness (QED) is 0.794. The fraction of sp³-hybridized carbons (Fsp3) is 0.538. The first-order valence-electron chi connectivity index (χ1n) is 5.87. The molecule has 0 bridgehead atoms. The van der Waals surface area contributed by atoms with Gasteiger partial charge >= 0.3 is 0 Å². The molecule has 1 rings (SSSR count). The lowest BCUT2D eigenvalue weighted by Gasteiger charge is -2.15. The molecule has 0 saturated carbocycles. The van der Waals surface area contributed by atoms with Gasteiger partial charge in [0.1, 0.15) is 5.75 Å². The van der Waals surface area contributed by atoms with Gasteiger partial charge < -0.3 is 10.5 Å². The SMILES string of the molecule is CC(C)C(C)S(=O)CCOc1ccccc1N. The smallest absolute Gasteiger partial charge is 0.142 e. The molecule has 0 heterocycles. The van der Waals surface area contributed by atoms with Crippen LogP contribution in [0, 0.1) is 5.92 Å². The number of ether oxygens (including phenoxy) is 1. The summed E-state index contributed by atoms with van der Waals surface area (Å²) in [5, 5.41) is 0.201. The highest BCUT2D eigenvalue weighted by Crippen LogP contribution is 2.19. The molecule has 3 nitrogen and oxygen atoms in total. The second-order valence-corrected chi connectivity index (χ2v) is 6.33. The van der Waals surface area contributed by atoms with Crippen LogP contribution in [0.3, 0.4) is 0 Å². The number of anilines is 1. The van der Waals surface area contributed by atoms with E-state index >= 15 is 0 Å². The zero-order valence-corrected chi connectivity index (χ0v) is 11.5. The van der Waals surface area contributed by atoms with Gasteiger partial charge in [-0.2, -0.15) is 0 Å². The first-order valence-corrected chi connectivity index (χ1v) is 7.25. The van der Waals surface area contributed by atoms with Crippen LogP contribution in [0.15, 0.2) is 24.3 Å². The van der Waals surface area contributed by atoms with Crippen LogP contribution in [-0.4, -0.2) is 21.8 Å². The fourth-order valence-corrected chi connectivity index (χ4v) is 2.56. The van der Waals surface area contributed by atoms with Crippen molar-refractivity contribution in [2.45, 2.75) is 26.0 Å². The highest BCUT2D eigenvalue weighted by Gasteiger charge is 2.14. The van der Waals surface area contributed by atoms with Gasteiger partial charge in [-0.15, -0.1) is 0 Å². The molecule has 0 aliphatic rings. The first kappa shape index (κ1) is 14.0. The van der Waals surface area contributed by atoms with Gasteiger partial charge in [0.2, 0.25) is 0 Å². The lowest BCUT2D eigenvalue weighted by atomic mass is 10.2. The van der Waals surface area contributed by atoms with Crippen molar-refractivity contribution in [3.05, 3.63) is 24.3 Å². The van der Waals surface area contributed by atoms with Crippen molar-refractivity contribution in [3.8, 4) is 5.75 Å². The molecular weight excluding hydrogens is 234 g/mol. The van der Waals surface area contributed by atoms with Crippen LogP contribution in [0.4, 0.5) is 5.69 Å². The molecule has 96 valence electrons. The summed E-state index contributed by atoms with van der Waals surface area (Å²) in [5.74, 6) is 1.65. The molecule has 1 aromatic rings. The van der Waals surface area contributed by atoms with Gasteiger partial charge in [-0.25, -0.2) is 0 Å². The minimum absolute atomic E-state index is 0.201. The molecule has 0 amide bonds. The second kappa shape index (κ2) is 6.64. The molecule has 2 N–H and O–H groups in total. The van der Waals surface area contributed by atoms with Gasteiger partial charge in [-0.3, -0.25) is 4.21 Å². The van der Waals surface area contributed by atoms with E-state index in [1.54, 1.807) is 6.07 Å². The van der Waals surface area contributed by atoms with Gasteiger partial charge in [0.05, 0.1) is 18.0 Å². The van der Waals surface area contributed by atoms with Crippen LogP contribution in [0.1, 0.15) is 20.8 Å². The maximum atomic E-state index is 11.9. The predicted molar refractivity (Wildman–Crippen MR) is 73.7 cm³/mol. The number of hydrogen-bond acceptors (Lipinski definition) is 3. The Bertz CT molecular complexity index is 379. The molecular formula is C13H21NO2S. The van der Waals surface area contributed by atoms with Crippen molar-refractivity contribution in [1.82, 2.24) is 0 Å². The molecule has 2 atom stereocenters. The Hall–Kier alpha value is -1.03. The molecule has 0 fully saturated rings. The molecule has 0 spiro atoms. The summed E-state index contributed by atoms with van der Waals surface area (Å²) in [6, 6.07) is 7.35. The Morgan fingerprint density at radius 3 is 2.53 bits per heavy atom. The van der Waals surface area contributed by atoms with Crippen LogP contribution >= 0.6 is 0 Å². The standard InChI is InChI=1S/C13H21NO2S/c1-10(2)11(3)17(15)9-8-16-13-7-5-4-6-12(13)14/h4-7,10-11H,8-9,14H2,1-3H3. The van der Waals surface area contributed by atoms with Crippen molar-refractivity contribution in [2.75, 3.05) is 18.1 Å². The summed E-state index contributed by atoms with van der Waals surface area (Å²) >= 11 is 0. The molecule has 4 heteroatoms. The largest absolute Gasteiger partial charge is 0.490 e. The Balaban J connectivity index is 2.38. The highest BCUT2D eigenvalue weighted by molar-refractivity contribution is 7.85. The molecule has 0 aliphatic heterocycles. The minimum Gasteiger partial charge on any atom is -0.490 e. The van der Waals surface area contributed by atoms with Gasteiger partial charge in [-0.1, -0.05) is 32.9 Å². The van der Waals surface area contributed by atoms with Crippen molar-refractivity contribution in [1.29, 1.82) is 0 Å². The minimum atomic E-state index is -0.841. The van der Waals surface area contributed by atoms with Gasteiger partial charge in [-0.05, 0) is 18.1 Å². The van der Waals surface area contributed by atoms with E-state index in [1.807, 2.05) is 25.1 Å². The predicted octanol–water partition coefficient (Wildman–Crippen LogP) is 2.44. The van der Waals surface area contributed by atoms with Crippen molar-refractivity contribution in [2.24, 2.45) is 5.92 Å². The Morgan fingerprint density at radius 2 is 1.94 bits per heavy atom. The van der Waals surface area contributed by atoms with Crippen molar-refractivity contribution in [3.63, 3.8) is 0 Å². The van der Waals surface area contributed by atoms with Crippen LogP contribution in [0.5, 0.6) is 5.75 Å². The highest BCUT2D eigenvalue weighted by atomic mass is 32.2. The van der Waals surface area contributed by atoms with Crippen molar-refractivity contribution < 1.29 is 8.95 Å². The van der Waals surface area contributed by atoms with E-state index in [2.05, 4.69) is 13.8 Å². The fourth-order valence-electron chi connectivity index (χ4n) is 1.34. The zero-order chi connectivity index (χ0) is 12.8. The summed E-state index contributed by atoms with van der Waals surface area (Å²) in [6.45, 7) is 6.62. The lowest BCUT2D eigenvalue weighted by molar-refractivity contribution is 0.344. The number of nitrogen functional groups attached to an aromatic ring is 1. The number of nitrogens with two attached hydrogens (primary N) is 1. The van der Waals surface area contributed by atoms with E-state index < -0.39 is 10.8 Å². The van der Waals surface area contributed by atoms with E-state index in [1.165, 1.54) is 0 Å². The topological polar surface area (TPSA) is 52.3 Å². The summed E-state index contributed by atoms with van der Waals surface area (Å²) in [7, 11) is -0.841. The number of hydrogen-bond donors (Lipinski definition) is 1. The molecule has 0 radical (unpaired) electrons. The monoisotopic (exact) mass is 255 g/mol. The molecule has 2 unspecified atom stereocenters. The summed E-state index contributed by atoms with van der Waals surface area (Å²) in [6.07, 6.45) is 0. The molecule has 0 aliphatic carbocycles. The average molecular weight is 255 g/mol. The zero-order valence-electron chi connectivity index (χ0n) is 10.7. The molecule has 17 heavy (non-hydrogen) atoms. The molecule has 0 saturated heterocycles. The maximum absolute atomic E-state index is 11.9. The van der Waals surface area contributed by atoms with E-state index in [0.717, 1.165) is 0 Å². The Labute approximate surface area is 106 Å². The lowest BCUT2D eigenvalue weighted by Crippen LogP contribution is -2.22. The van der Waals surface area contributed by atoms with Gasteiger partial charge in [0.15, 0.2) is 0 Å². The first-order chi connectivity index (χ1) is 8.02. The summed E-state index contributed by atoms with van der Waals surface area (Å²) < 4.78 is 17.4. The summed E-state index contributed by atoms with van der Waals surface area (Å²) in [4.78, 5) is 0. The van der Waals surface area contributed by atoms with E-state index in [9.17, 15) is 4.21 Å². The van der Waals surface area contributed by atoms with Crippen LogP contribution < -0.4 is 10.5 Å². The molecule has 1 aromatic carbocycles. The van der Waals surface area contributed by atoms with Crippen LogP contribution in [-0.2, 0) is 10.8 Å². The third-order valence-electron chi connectivity index (χ3n) is 2.81. The van der Waals surface area contributed by atoms with E-state index in [-0.39, 0.29) is 5.25 Å². The van der Waals surface area contributed by atoms with Gasteiger partial charge in [0.25, 0.3) is 0 Å². The average Bonchev–Trinajstić information content (AvgIpc) is 2.30. The van der Waals surface area contributed by atoms with E-state index in [0.29, 0.717) is 29.7 Å². The van der Waals surface area contributed by atoms with Crippen LogP contribution in [0.2, 0.25) is 0 Å². The third-order valence-corrected chi connectivity index (χ3v) is 4.76. The van der Waals surface area contributed by atoms with Crippen LogP contribution in [0.25, 0.3) is 0 Å². The Morgan fingerprint density at radius 1 is 1.29 bits per heavy atom. The third kappa shape index (κ3) is 4.38. The maximum Gasteiger partial charge on any atom is 0.142 e. The number of rotatable bonds is 6. The van der Waals surface area contributed by atoms with E-state index in [4.69, 9.17) is 10.5 Å². The summed E-state index contributed by atoms with van der Waals surface area (Å²) in [5.41, 5.74) is 6.37. The molecule has 0 aromatic heterocycles. The Kier molecular flexibility index (Phi) is 5.48. The number of para-hydroxylation sites is 2. The van der Waals surface area contributed by atoms with Gasteiger partial charge in [0, 0.05) is 16.0 Å². The second-order valence-electron chi connectivity index (χ2n) is 4.42. The number of benzene rings is 1.